The number of amides is 1. The number of aryl methyl sites for hydroxylation is 1. The fraction of sp³-hybridized carbons (Fsp3) is 0.120. The molecular weight excluding hydrogens is 360 g/mol. The minimum absolute atomic E-state index is 0.128. The molecule has 0 spiro atoms. The van der Waals surface area contributed by atoms with Gasteiger partial charge in [0, 0.05) is 28.8 Å². The molecule has 0 aliphatic rings. The number of carbonyl (C=O) groups excluding carboxylic acids is 1. The number of pyridine rings is 1. The number of hydrogen-bond donors (Lipinski definition) is 1. The first-order valence-electron chi connectivity index (χ1n) is 9.53. The summed E-state index contributed by atoms with van der Waals surface area (Å²) in [5.74, 6) is 0.631. The average Bonchev–Trinajstić information content (AvgIpc) is 2.77. The zero-order valence-electron chi connectivity index (χ0n) is 16.5. The molecule has 4 rings (SSSR count). The van der Waals surface area contributed by atoms with Crippen molar-refractivity contribution in [3.05, 3.63) is 95.7 Å². The van der Waals surface area contributed by atoms with Crippen LogP contribution in [0, 0.1) is 6.92 Å². The predicted molar refractivity (Wildman–Crippen MR) is 116 cm³/mol. The zero-order valence-corrected chi connectivity index (χ0v) is 16.5. The number of fused-ring (bicyclic) bond motifs is 1. The summed E-state index contributed by atoms with van der Waals surface area (Å²) in [6.07, 6.45) is 0. The number of carbonyl (C=O) groups is 1. The van der Waals surface area contributed by atoms with E-state index in [9.17, 15) is 4.79 Å². The Morgan fingerprint density at radius 1 is 0.966 bits per heavy atom. The first-order chi connectivity index (χ1) is 14.2. The van der Waals surface area contributed by atoms with Gasteiger partial charge < -0.3 is 10.1 Å². The first kappa shape index (κ1) is 18.7. The molecule has 1 N–H and O–H groups in total. The molecule has 1 amide bonds. The number of hydrogen-bond acceptors (Lipinski definition) is 3. The third kappa shape index (κ3) is 3.83. The van der Waals surface area contributed by atoms with E-state index < -0.39 is 0 Å². The molecule has 144 valence electrons. The third-order valence-corrected chi connectivity index (χ3v) is 4.93. The van der Waals surface area contributed by atoms with Crippen molar-refractivity contribution in [2.45, 2.75) is 13.5 Å². The normalized spacial score (nSPS) is 10.7. The Hall–Kier alpha value is -3.66. The van der Waals surface area contributed by atoms with Crippen LogP contribution in [0.2, 0.25) is 0 Å². The van der Waals surface area contributed by atoms with Gasteiger partial charge in [-0.15, -0.1) is 0 Å². The Balaban J connectivity index is 1.71. The predicted octanol–water partition coefficient (Wildman–Crippen LogP) is 5.15. The lowest BCUT2D eigenvalue weighted by Gasteiger charge is -2.13. The summed E-state index contributed by atoms with van der Waals surface area (Å²) in [5.41, 5.74) is 5.30. The minimum Gasteiger partial charge on any atom is -0.496 e. The van der Waals surface area contributed by atoms with Crippen molar-refractivity contribution >= 4 is 16.8 Å². The Morgan fingerprint density at radius 2 is 1.72 bits per heavy atom. The Morgan fingerprint density at radius 3 is 2.52 bits per heavy atom. The molecule has 0 saturated carbocycles. The summed E-state index contributed by atoms with van der Waals surface area (Å²) in [6, 6.07) is 25.6. The largest absolute Gasteiger partial charge is 0.496 e. The summed E-state index contributed by atoms with van der Waals surface area (Å²) in [4.78, 5) is 17.8. The minimum atomic E-state index is -0.128. The number of rotatable bonds is 5. The van der Waals surface area contributed by atoms with E-state index in [1.54, 1.807) is 7.11 Å². The Bertz CT molecular complexity index is 1170. The number of ether oxygens (including phenoxy) is 1. The number of aromatic nitrogens is 1. The summed E-state index contributed by atoms with van der Waals surface area (Å²) in [6.45, 7) is 2.31. The van der Waals surface area contributed by atoms with Crippen molar-refractivity contribution < 1.29 is 9.53 Å². The Kier molecular flexibility index (Phi) is 5.25. The van der Waals surface area contributed by atoms with Gasteiger partial charge in [0.15, 0.2) is 0 Å². The van der Waals surface area contributed by atoms with Crippen LogP contribution < -0.4 is 10.1 Å². The van der Waals surface area contributed by atoms with Crippen LogP contribution >= 0.6 is 0 Å². The van der Waals surface area contributed by atoms with Gasteiger partial charge in [-0.25, -0.2) is 0 Å². The lowest BCUT2D eigenvalue weighted by molar-refractivity contribution is 0.0952. The molecule has 0 atom stereocenters. The van der Waals surface area contributed by atoms with Gasteiger partial charge >= 0.3 is 0 Å². The van der Waals surface area contributed by atoms with Gasteiger partial charge in [0.1, 0.15) is 5.75 Å². The van der Waals surface area contributed by atoms with E-state index in [0.717, 1.165) is 39.0 Å². The quantitative estimate of drug-likeness (QED) is 0.519. The SMILES string of the molecule is COc1ccccc1CNC(=O)c1cc(C)nc2c(-c3ccccc3)cccc12. The van der Waals surface area contributed by atoms with E-state index >= 15 is 0 Å². The molecule has 1 heterocycles. The van der Waals surface area contributed by atoms with Gasteiger partial charge in [0.05, 0.1) is 18.2 Å². The van der Waals surface area contributed by atoms with Gasteiger partial charge in [-0.1, -0.05) is 66.7 Å². The summed E-state index contributed by atoms with van der Waals surface area (Å²) < 4.78 is 5.38. The summed E-state index contributed by atoms with van der Waals surface area (Å²) in [7, 11) is 1.63. The second-order valence-electron chi connectivity index (χ2n) is 6.87. The molecule has 0 saturated heterocycles. The van der Waals surface area contributed by atoms with Crippen molar-refractivity contribution in [3.63, 3.8) is 0 Å². The molecular formula is C25H22N2O2. The van der Waals surface area contributed by atoms with E-state index in [-0.39, 0.29) is 5.91 Å². The van der Waals surface area contributed by atoms with Crippen molar-refractivity contribution in [1.29, 1.82) is 0 Å². The second-order valence-corrected chi connectivity index (χ2v) is 6.87. The highest BCUT2D eigenvalue weighted by molar-refractivity contribution is 6.09. The van der Waals surface area contributed by atoms with Crippen LogP contribution in [0.15, 0.2) is 78.9 Å². The Labute approximate surface area is 170 Å². The van der Waals surface area contributed by atoms with Crippen LogP contribution in [0.3, 0.4) is 0 Å². The van der Waals surface area contributed by atoms with E-state index in [4.69, 9.17) is 9.72 Å². The molecule has 4 heteroatoms. The van der Waals surface area contributed by atoms with Crippen LogP contribution in [0.1, 0.15) is 21.6 Å². The van der Waals surface area contributed by atoms with E-state index in [1.165, 1.54) is 0 Å². The number of nitrogens with zero attached hydrogens (tertiary/aromatic N) is 1. The van der Waals surface area contributed by atoms with Gasteiger partial charge in [-0.05, 0) is 24.6 Å². The van der Waals surface area contributed by atoms with Crippen LogP contribution in [-0.4, -0.2) is 18.0 Å². The van der Waals surface area contributed by atoms with Crippen molar-refractivity contribution in [2.75, 3.05) is 7.11 Å². The highest BCUT2D eigenvalue weighted by Crippen LogP contribution is 2.29. The maximum absolute atomic E-state index is 13.1. The standard InChI is InChI=1S/C25H22N2O2/c1-17-15-22(25(28)26-16-19-11-6-7-14-23(19)29-2)21-13-8-12-20(24(21)27-17)18-9-4-3-5-10-18/h3-15H,16H2,1-2H3,(H,26,28). The van der Waals surface area contributed by atoms with Crippen LogP contribution in [0.5, 0.6) is 5.75 Å². The molecule has 0 unspecified atom stereocenters. The second kappa shape index (κ2) is 8.15. The van der Waals surface area contributed by atoms with E-state index in [2.05, 4.69) is 17.4 Å². The smallest absolute Gasteiger partial charge is 0.252 e. The molecule has 0 bridgehead atoms. The fourth-order valence-corrected chi connectivity index (χ4v) is 3.53. The van der Waals surface area contributed by atoms with Gasteiger partial charge in [0.2, 0.25) is 0 Å². The highest BCUT2D eigenvalue weighted by atomic mass is 16.5. The molecule has 4 nitrogen and oxygen atoms in total. The molecule has 0 aliphatic carbocycles. The lowest BCUT2D eigenvalue weighted by atomic mass is 9.98. The molecule has 4 aromatic rings. The monoisotopic (exact) mass is 382 g/mol. The number of para-hydroxylation sites is 2. The van der Waals surface area contributed by atoms with Gasteiger partial charge in [-0.2, -0.15) is 0 Å². The zero-order chi connectivity index (χ0) is 20.2. The van der Waals surface area contributed by atoms with Crippen LogP contribution in [0.25, 0.3) is 22.0 Å². The maximum atomic E-state index is 13.1. The van der Waals surface area contributed by atoms with Gasteiger partial charge in [-0.3, -0.25) is 9.78 Å². The molecule has 29 heavy (non-hydrogen) atoms. The van der Waals surface area contributed by atoms with Crippen molar-refractivity contribution in [1.82, 2.24) is 10.3 Å². The van der Waals surface area contributed by atoms with E-state index in [0.29, 0.717) is 12.1 Å². The number of nitrogens with one attached hydrogen (secondary N) is 1. The van der Waals surface area contributed by atoms with Crippen LogP contribution in [0.4, 0.5) is 0 Å². The summed E-state index contributed by atoms with van der Waals surface area (Å²) >= 11 is 0. The molecule has 0 fully saturated rings. The van der Waals surface area contributed by atoms with E-state index in [1.807, 2.05) is 73.7 Å². The number of benzene rings is 3. The van der Waals surface area contributed by atoms with Crippen molar-refractivity contribution in [3.8, 4) is 16.9 Å². The number of methoxy groups -OCH3 is 1. The van der Waals surface area contributed by atoms with Crippen LogP contribution in [-0.2, 0) is 6.54 Å². The van der Waals surface area contributed by atoms with Gasteiger partial charge in [0.25, 0.3) is 5.91 Å². The fourth-order valence-electron chi connectivity index (χ4n) is 3.53. The topological polar surface area (TPSA) is 51.2 Å². The van der Waals surface area contributed by atoms with Crippen molar-refractivity contribution in [2.24, 2.45) is 0 Å². The maximum Gasteiger partial charge on any atom is 0.252 e. The first-order valence-corrected chi connectivity index (χ1v) is 9.53. The molecule has 0 radical (unpaired) electrons. The lowest BCUT2D eigenvalue weighted by Crippen LogP contribution is -2.23. The average molecular weight is 382 g/mol. The summed E-state index contributed by atoms with van der Waals surface area (Å²) in [5, 5.41) is 3.86. The highest BCUT2D eigenvalue weighted by Gasteiger charge is 2.15. The third-order valence-electron chi connectivity index (χ3n) is 4.93. The molecule has 1 aromatic heterocycles. The molecule has 0 aliphatic heterocycles. The molecule has 3 aromatic carbocycles.